The van der Waals surface area contributed by atoms with Gasteiger partial charge in [-0.3, -0.25) is 0 Å². The van der Waals surface area contributed by atoms with Gasteiger partial charge in [0, 0.05) is 19.3 Å². The lowest BCUT2D eigenvalue weighted by Crippen LogP contribution is -2.60. The maximum Gasteiger partial charge on any atom is 0.0526 e. The number of hydrogen-bond acceptors (Lipinski definition) is 2. The highest BCUT2D eigenvalue weighted by Crippen LogP contribution is 2.43. The molecule has 2 heteroatoms. The lowest BCUT2D eigenvalue weighted by atomic mass is 9.68. The minimum absolute atomic E-state index is 0.194. The lowest BCUT2D eigenvalue weighted by molar-refractivity contribution is 0.163. The van der Waals surface area contributed by atoms with Crippen LogP contribution in [-0.2, 0) is 0 Å². The van der Waals surface area contributed by atoms with Crippen LogP contribution in [0.1, 0.15) is 30.9 Å². The van der Waals surface area contributed by atoms with E-state index in [4.69, 9.17) is 5.73 Å². The minimum atomic E-state index is 0.194. The SMILES string of the molecule is Cc1ccc(N(C)C2(CN)CC(C)C2)c(C)c1. The minimum Gasteiger partial charge on any atom is -0.367 e. The normalized spacial score (nSPS) is 27.7. The topological polar surface area (TPSA) is 29.3 Å². The van der Waals surface area contributed by atoms with Crippen molar-refractivity contribution in [3.05, 3.63) is 29.3 Å². The van der Waals surface area contributed by atoms with Crippen molar-refractivity contribution in [3.8, 4) is 0 Å². The second kappa shape index (κ2) is 4.34. The van der Waals surface area contributed by atoms with Crippen molar-refractivity contribution in [1.82, 2.24) is 0 Å². The highest BCUT2D eigenvalue weighted by atomic mass is 15.2. The maximum absolute atomic E-state index is 6.01. The molecule has 1 aromatic rings. The molecule has 17 heavy (non-hydrogen) atoms. The molecule has 94 valence electrons. The summed E-state index contributed by atoms with van der Waals surface area (Å²) in [6.07, 6.45) is 2.43. The Morgan fingerprint density at radius 1 is 1.35 bits per heavy atom. The van der Waals surface area contributed by atoms with Gasteiger partial charge in [0.1, 0.15) is 0 Å². The summed E-state index contributed by atoms with van der Waals surface area (Å²) in [6, 6.07) is 6.66. The molecule has 1 aliphatic carbocycles. The molecule has 0 atom stereocenters. The van der Waals surface area contributed by atoms with Gasteiger partial charge in [0.25, 0.3) is 0 Å². The summed E-state index contributed by atoms with van der Waals surface area (Å²) in [5.74, 6) is 0.812. The fraction of sp³-hybridized carbons (Fsp3) is 0.600. The van der Waals surface area contributed by atoms with Crippen LogP contribution in [0, 0.1) is 19.8 Å². The van der Waals surface area contributed by atoms with Gasteiger partial charge >= 0.3 is 0 Å². The highest BCUT2D eigenvalue weighted by molar-refractivity contribution is 5.56. The fourth-order valence-corrected chi connectivity index (χ4v) is 3.25. The summed E-state index contributed by atoms with van der Waals surface area (Å²) >= 11 is 0. The average Bonchev–Trinajstić information content (AvgIpc) is 2.23. The second-order valence-electron chi connectivity index (χ2n) is 5.79. The van der Waals surface area contributed by atoms with E-state index in [9.17, 15) is 0 Å². The molecule has 2 N–H and O–H groups in total. The zero-order valence-corrected chi connectivity index (χ0v) is 11.5. The van der Waals surface area contributed by atoms with Crippen LogP contribution in [0.2, 0.25) is 0 Å². The third kappa shape index (κ3) is 2.06. The Morgan fingerprint density at radius 2 is 2.00 bits per heavy atom. The van der Waals surface area contributed by atoms with Gasteiger partial charge in [0.2, 0.25) is 0 Å². The number of benzene rings is 1. The second-order valence-corrected chi connectivity index (χ2v) is 5.79. The van der Waals surface area contributed by atoms with Gasteiger partial charge in [-0.2, -0.15) is 0 Å². The molecule has 0 bridgehead atoms. The van der Waals surface area contributed by atoms with E-state index in [1.165, 1.54) is 29.7 Å². The van der Waals surface area contributed by atoms with E-state index in [1.807, 2.05) is 0 Å². The van der Waals surface area contributed by atoms with Crippen molar-refractivity contribution in [2.45, 2.75) is 39.2 Å². The number of hydrogen-bond donors (Lipinski definition) is 1. The Bertz CT molecular complexity index is 405. The Morgan fingerprint density at radius 3 is 2.47 bits per heavy atom. The van der Waals surface area contributed by atoms with Crippen molar-refractivity contribution in [2.75, 3.05) is 18.5 Å². The van der Waals surface area contributed by atoms with E-state index in [2.05, 4.69) is 50.9 Å². The Labute approximate surface area is 105 Å². The molecular weight excluding hydrogens is 208 g/mol. The van der Waals surface area contributed by atoms with Crippen LogP contribution in [0.15, 0.2) is 18.2 Å². The van der Waals surface area contributed by atoms with E-state index in [-0.39, 0.29) is 5.54 Å². The molecule has 0 aliphatic heterocycles. The largest absolute Gasteiger partial charge is 0.367 e. The predicted molar refractivity (Wildman–Crippen MR) is 74.5 cm³/mol. The summed E-state index contributed by atoms with van der Waals surface area (Å²) in [5.41, 5.74) is 10.2. The quantitative estimate of drug-likeness (QED) is 0.868. The molecule has 0 saturated heterocycles. The number of aryl methyl sites for hydroxylation is 2. The lowest BCUT2D eigenvalue weighted by Gasteiger charge is -2.53. The molecule has 2 rings (SSSR count). The van der Waals surface area contributed by atoms with Crippen molar-refractivity contribution in [2.24, 2.45) is 11.7 Å². The molecule has 1 aromatic carbocycles. The molecule has 1 aliphatic rings. The first kappa shape index (κ1) is 12.4. The van der Waals surface area contributed by atoms with Gasteiger partial charge in [-0.1, -0.05) is 24.6 Å². The molecule has 0 radical (unpaired) electrons. The third-order valence-electron chi connectivity index (χ3n) is 4.26. The van der Waals surface area contributed by atoms with Crippen LogP contribution in [0.3, 0.4) is 0 Å². The molecule has 1 saturated carbocycles. The summed E-state index contributed by atoms with van der Waals surface area (Å²) in [6.45, 7) is 7.39. The fourth-order valence-electron chi connectivity index (χ4n) is 3.25. The summed E-state index contributed by atoms with van der Waals surface area (Å²) in [5, 5.41) is 0. The average molecular weight is 232 g/mol. The van der Waals surface area contributed by atoms with Crippen LogP contribution in [0.4, 0.5) is 5.69 Å². The van der Waals surface area contributed by atoms with Crippen LogP contribution >= 0.6 is 0 Å². The number of rotatable bonds is 3. The predicted octanol–water partition coefficient (Wildman–Crippen LogP) is 2.87. The van der Waals surface area contributed by atoms with Crippen molar-refractivity contribution >= 4 is 5.69 Å². The highest BCUT2D eigenvalue weighted by Gasteiger charge is 2.44. The van der Waals surface area contributed by atoms with Crippen molar-refractivity contribution < 1.29 is 0 Å². The molecule has 0 spiro atoms. The van der Waals surface area contributed by atoms with Crippen LogP contribution < -0.4 is 10.6 Å². The zero-order chi connectivity index (χ0) is 12.6. The van der Waals surface area contributed by atoms with Gasteiger partial charge in [-0.05, 0) is 44.2 Å². The van der Waals surface area contributed by atoms with Crippen LogP contribution in [-0.4, -0.2) is 19.1 Å². The first-order valence-electron chi connectivity index (χ1n) is 6.50. The van der Waals surface area contributed by atoms with E-state index >= 15 is 0 Å². The van der Waals surface area contributed by atoms with Gasteiger partial charge in [-0.15, -0.1) is 0 Å². The molecule has 1 fully saturated rings. The third-order valence-corrected chi connectivity index (χ3v) is 4.26. The standard InChI is InChI=1S/C15H24N2/c1-11-5-6-14(13(3)7-11)17(4)15(10-16)8-12(2)9-15/h5-7,12H,8-10,16H2,1-4H3. The maximum atomic E-state index is 6.01. The van der Waals surface area contributed by atoms with Gasteiger partial charge < -0.3 is 10.6 Å². The van der Waals surface area contributed by atoms with E-state index < -0.39 is 0 Å². The monoisotopic (exact) mass is 232 g/mol. The van der Waals surface area contributed by atoms with Gasteiger partial charge in [-0.25, -0.2) is 0 Å². The van der Waals surface area contributed by atoms with Crippen molar-refractivity contribution in [3.63, 3.8) is 0 Å². The van der Waals surface area contributed by atoms with Gasteiger partial charge in [0.05, 0.1) is 5.54 Å². The molecule has 0 heterocycles. The summed E-state index contributed by atoms with van der Waals surface area (Å²) in [7, 11) is 2.19. The number of nitrogens with two attached hydrogens (primary N) is 1. The molecular formula is C15H24N2. The van der Waals surface area contributed by atoms with Gasteiger partial charge in [0.15, 0.2) is 0 Å². The number of nitrogens with zero attached hydrogens (tertiary/aromatic N) is 1. The summed E-state index contributed by atoms with van der Waals surface area (Å²) < 4.78 is 0. The van der Waals surface area contributed by atoms with E-state index in [0.717, 1.165) is 12.5 Å². The molecule has 0 amide bonds. The van der Waals surface area contributed by atoms with Crippen LogP contribution in [0.5, 0.6) is 0 Å². The number of anilines is 1. The van der Waals surface area contributed by atoms with E-state index in [1.54, 1.807) is 0 Å². The Hall–Kier alpha value is -1.02. The zero-order valence-electron chi connectivity index (χ0n) is 11.5. The van der Waals surface area contributed by atoms with Crippen molar-refractivity contribution in [1.29, 1.82) is 0 Å². The molecule has 0 unspecified atom stereocenters. The first-order chi connectivity index (χ1) is 7.98. The Balaban J connectivity index is 2.27. The Kier molecular flexibility index (Phi) is 3.17. The summed E-state index contributed by atoms with van der Waals surface area (Å²) in [4.78, 5) is 2.40. The van der Waals surface area contributed by atoms with Crippen LogP contribution in [0.25, 0.3) is 0 Å². The van der Waals surface area contributed by atoms with E-state index in [0.29, 0.717) is 0 Å². The molecule has 0 aromatic heterocycles. The first-order valence-corrected chi connectivity index (χ1v) is 6.50. The molecule has 2 nitrogen and oxygen atoms in total. The number of likely N-dealkylation sites (N-methyl/N-ethyl adjacent to an activating group) is 1. The smallest absolute Gasteiger partial charge is 0.0526 e.